The van der Waals surface area contributed by atoms with Crippen LogP contribution < -0.4 is 9.73 Å². The third kappa shape index (κ3) is 4.29. The highest BCUT2D eigenvalue weighted by Gasteiger charge is 2.21. The lowest BCUT2D eigenvalue weighted by molar-refractivity contribution is 0.0955. The molecule has 2 aromatic carbocycles. The first-order valence-corrected chi connectivity index (χ1v) is 10.7. The molecule has 0 saturated carbocycles. The van der Waals surface area contributed by atoms with Gasteiger partial charge in [-0.25, -0.2) is 13.8 Å². The molecule has 1 amide bonds. The molecule has 0 unspecified atom stereocenters. The van der Waals surface area contributed by atoms with Crippen molar-refractivity contribution in [3.63, 3.8) is 0 Å². The quantitative estimate of drug-likeness (QED) is 0.494. The van der Waals surface area contributed by atoms with Crippen LogP contribution in [0, 0.1) is 0 Å². The van der Waals surface area contributed by atoms with Crippen molar-refractivity contribution in [2.45, 2.75) is 11.8 Å². The van der Waals surface area contributed by atoms with Crippen LogP contribution in [0.25, 0.3) is 0 Å². The molecule has 0 bridgehead atoms. The van der Waals surface area contributed by atoms with Crippen LogP contribution in [0.1, 0.15) is 22.2 Å². The fraction of sp³-hybridized carbons (Fsp3) is 0.100. The number of carbonyl (C=O) groups is 1. The minimum Gasteiger partial charge on any atom is -0.269 e. The van der Waals surface area contributed by atoms with E-state index in [-0.39, 0.29) is 10.8 Å². The second-order valence-corrected chi connectivity index (χ2v) is 8.86. The number of carbonyl (C=O) groups excluding carboxylic acids is 1. The third-order valence-corrected chi connectivity index (χ3v) is 6.88. The molecule has 1 heterocycles. The lowest BCUT2D eigenvalue weighted by atomic mass is 10.2. The van der Waals surface area contributed by atoms with Crippen LogP contribution in [0.3, 0.4) is 0 Å². The molecular formula is C20H19N3O3S2. The number of nitrogens with zero attached hydrogens (tertiary/aromatic N) is 2. The molecular weight excluding hydrogens is 394 g/mol. The average molecular weight is 414 g/mol. The number of sulfonamides is 1. The molecule has 28 heavy (non-hydrogen) atoms. The predicted molar refractivity (Wildman–Crippen MR) is 112 cm³/mol. The van der Waals surface area contributed by atoms with E-state index >= 15 is 0 Å². The van der Waals surface area contributed by atoms with Crippen molar-refractivity contribution in [3.8, 4) is 0 Å². The van der Waals surface area contributed by atoms with Crippen molar-refractivity contribution in [3.05, 3.63) is 82.6 Å². The molecule has 0 fully saturated rings. The normalized spacial score (nSPS) is 11.9. The van der Waals surface area contributed by atoms with Gasteiger partial charge in [0, 0.05) is 17.5 Å². The number of thiophene rings is 1. The number of amides is 1. The average Bonchev–Trinajstić information content (AvgIpc) is 3.27. The summed E-state index contributed by atoms with van der Waals surface area (Å²) in [5.41, 5.74) is 4.08. The van der Waals surface area contributed by atoms with Crippen molar-refractivity contribution in [1.82, 2.24) is 5.43 Å². The molecule has 0 aliphatic rings. The second kappa shape index (κ2) is 8.37. The maximum Gasteiger partial charge on any atom is 0.271 e. The zero-order valence-corrected chi connectivity index (χ0v) is 17.0. The fourth-order valence-electron chi connectivity index (χ4n) is 2.45. The number of hydrogen-bond acceptors (Lipinski definition) is 5. The smallest absolute Gasteiger partial charge is 0.269 e. The molecule has 0 aliphatic heterocycles. The van der Waals surface area contributed by atoms with E-state index in [1.54, 1.807) is 54.6 Å². The first kappa shape index (κ1) is 19.8. The molecule has 0 radical (unpaired) electrons. The molecule has 1 N–H and O–H groups in total. The zero-order chi connectivity index (χ0) is 20.1. The Morgan fingerprint density at radius 2 is 1.68 bits per heavy atom. The zero-order valence-electron chi connectivity index (χ0n) is 15.4. The van der Waals surface area contributed by atoms with Gasteiger partial charge in [0.1, 0.15) is 0 Å². The van der Waals surface area contributed by atoms with E-state index in [1.165, 1.54) is 22.7 Å². The second-order valence-electron chi connectivity index (χ2n) is 5.95. The number of hydrazone groups is 1. The van der Waals surface area contributed by atoms with Gasteiger partial charge in [0.2, 0.25) is 0 Å². The number of anilines is 1. The van der Waals surface area contributed by atoms with Crippen LogP contribution in [-0.2, 0) is 10.0 Å². The Labute approximate surface area is 168 Å². The maximum absolute atomic E-state index is 12.7. The molecule has 8 heteroatoms. The fourth-order valence-corrected chi connectivity index (χ4v) is 4.34. The first-order chi connectivity index (χ1) is 13.4. The summed E-state index contributed by atoms with van der Waals surface area (Å²) in [4.78, 5) is 13.5. The van der Waals surface area contributed by atoms with Crippen molar-refractivity contribution < 1.29 is 13.2 Å². The van der Waals surface area contributed by atoms with Crippen LogP contribution in [0.15, 0.2) is 82.1 Å². The van der Waals surface area contributed by atoms with Gasteiger partial charge in [0.15, 0.2) is 0 Å². The largest absolute Gasteiger partial charge is 0.271 e. The van der Waals surface area contributed by atoms with Crippen LogP contribution >= 0.6 is 11.3 Å². The van der Waals surface area contributed by atoms with E-state index in [9.17, 15) is 13.2 Å². The Hall–Kier alpha value is -2.97. The molecule has 0 aliphatic carbocycles. The number of benzene rings is 2. The summed E-state index contributed by atoms with van der Waals surface area (Å²) in [6.45, 7) is 1.82. The monoisotopic (exact) mass is 413 g/mol. The van der Waals surface area contributed by atoms with E-state index in [2.05, 4.69) is 10.5 Å². The first-order valence-electron chi connectivity index (χ1n) is 8.42. The van der Waals surface area contributed by atoms with E-state index in [0.717, 1.165) is 4.88 Å². The topological polar surface area (TPSA) is 78.8 Å². The molecule has 6 nitrogen and oxygen atoms in total. The van der Waals surface area contributed by atoms with Gasteiger partial charge < -0.3 is 0 Å². The summed E-state index contributed by atoms with van der Waals surface area (Å²) >= 11 is 1.54. The van der Waals surface area contributed by atoms with E-state index in [4.69, 9.17) is 0 Å². The van der Waals surface area contributed by atoms with Crippen LogP contribution in [-0.4, -0.2) is 27.1 Å². The molecule has 0 spiro atoms. The van der Waals surface area contributed by atoms with Crippen LogP contribution in [0.5, 0.6) is 0 Å². The number of nitrogens with one attached hydrogen (secondary N) is 1. The van der Waals surface area contributed by atoms with Crippen molar-refractivity contribution in [1.29, 1.82) is 0 Å². The Morgan fingerprint density at radius 3 is 2.29 bits per heavy atom. The molecule has 144 valence electrons. The Morgan fingerprint density at radius 1 is 1.00 bits per heavy atom. The summed E-state index contributed by atoms with van der Waals surface area (Å²) in [6.07, 6.45) is 0. The van der Waals surface area contributed by atoms with Gasteiger partial charge in [0.05, 0.1) is 16.3 Å². The number of hydrogen-bond donors (Lipinski definition) is 1. The summed E-state index contributed by atoms with van der Waals surface area (Å²) in [7, 11) is -2.18. The highest BCUT2D eigenvalue weighted by atomic mass is 32.2. The highest BCUT2D eigenvalue weighted by Crippen LogP contribution is 2.22. The molecule has 0 atom stereocenters. The van der Waals surface area contributed by atoms with Gasteiger partial charge in [-0.3, -0.25) is 9.10 Å². The van der Waals surface area contributed by atoms with Crippen molar-refractivity contribution in [2.24, 2.45) is 5.10 Å². The van der Waals surface area contributed by atoms with E-state index in [0.29, 0.717) is 17.0 Å². The molecule has 0 saturated heterocycles. The van der Waals surface area contributed by atoms with Gasteiger partial charge in [-0.2, -0.15) is 5.10 Å². The molecule has 3 aromatic rings. The van der Waals surface area contributed by atoms with Gasteiger partial charge in [0.25, 0.3) is 15.9 Å². The Bertz CT molecular complexity index is 1080. The van der Waals surface area contributed by atoms with Gasteiger partial charge in [-0.15, -0.1) is 11.3 Å². The van der Waals surface area contributed by atoms with Gasteiger partial charge >= 0.3 is 0 Å². The lowest BCUT2D eigenvalue weighted by Crippen LogP contribution is -2.26. The van der Waals surface area contributed by atoms with Gasteiger partial charge in [-0.1, -0.05) is 24.3 Å². The Kier molecular flexibility index (Phi) is 5.91. The highest BCUT2D eigenvalue weighted by molar-refractivity contribution is 7.92. The van der Waals surface area contributed by atoms with E-state index < -0.39 is 10.0 Å². The van der Waals surface area contributed by atoms with E-state index in [1.807, 2.05) is 24.4 Å². The maximum atomic E-state index is 12.7. The standard InChI is InChI=1S/C20H19N3O3S2/c1-15(19-9-6-14-27-19)21-22-20(24)16-10-12-17(13-11-16)23(2)28(25,26)18-7-4-3-5-8-18/h3-14H,1-2H3,(H,22,24)/b21-15+. The summed E-state index contributed by atoms with van der Waals surface area (Å²) in [5.74, 6) is -0.365. The van der Waals surface area contributed by atoms with Crippen LogP contribution in [0.2, 0.25) is 0 Å². The summed E-state index contributed by atoms with van der Waals surface area (Å²) in [5, 5.41) is 6.04. The number of rotatable bonds is 6. The van der Waals surface area contributed by atoms with Crippen LogP contribution in [0.4, 0.5) is 5.69 Å². The molecule has 3 rings (SSSR count). The summed E-state index contributed by atoms with van der Waals surface area (Å²) in [6, 6.07) is 18.3. The Balaban J connectivity index is 1.72. The third-order valence-electron chi connectivity index (χ3n) is 4.10. The van der Waals surface area contributed by atoms with Crippen molar-refractivity contribution in [2.75, 3.05) is 11.4 Å². The predicted octanol–water partition coefficient (Wildman–Crippen LogP) is 3.73. The van der Waals surface area contributed by atoms with Gasteiger partial charge in [-0.05, 0) is 54.8 Å². The minimum atomic E-state index is -3.66. The summed E-state index contributed by atoms with van der Waals surface area (Å²) < 4.78 is 26.5. The minimum absolute atomic E-state index is 0.206. The van der Waals surface area contributed by atoms with Crippen molar-refractivity contribution >= 4 is 38.7 Å². The molecule has 1 aromatic heterocycles. The lowest BCUT2D eigenvalue weighted by Gasteiger charge is -2.19. The SMILES string of the molecule is C/C(=N\NC(=O)c1ccc(N(C)S(=O)(=O)c2ccccc2)cc1)c1cccs1.